The van der Waals surface area contributed by atoms with E-state index < -0.39 is 42.7 Å². The molecule has 1 unspecified atom stereocenters. The number of hydrogen-bond donors (Lipinski definition) is 0. The lowest BCUT2D eigenvalue weighted by molar-refractivity contribution is -0.422. The maximum Gasteiger partial charge on any atom is 0.460 e. The number of hydrogen-bond acceptors (Lipinski definition) is 2. The Hall–Kier alpha value is -0.850. The van der Waals surface area contributed by atoms with E-state index in [1.807, 2.05) is 0 Å². The topological polar surface area (TPSA) is 18.5 Å². The Kier molecular flexibility index (Phi) is 12.5. The molecule has 0 saturated carbocycles. The molecule has 0 aromatic rings. The summed E-state index contributed by atoms with van der Waals surface area (Å²) in [6.45, 7) is 1.34. The van der Waals surface area contributed by atoms with Crippen molar-refractivity contribution in [3.05, 3.63) is 0 Å². The molecule has 1 fully saturated rings. The van der Waals surface area contributed by atoms with Gasteiger partial charge in [-0.2, -0.15) is 48.3 Å². The predicted octanol–water partition coefficient (Wildman–Crippen LogP) is 8.92. The summed E-state index contributed by atoms with van der Waals surface area (Å²) in [5.41, 5.74) is 0. The highest BCUT2D eigenvalue weighted by Crippen LogP contribution is 2.58. The molecule has 35 heavy (non-hydrogen) atoms. The van der Waals surface area contributed by atoms with Crippen molar-refractivity contribution in [3.8, 4) is 0 Å². The zero-order valence-electron chi connectivity index (χ0n) is 19.4. The van der Waals surface area contributed by atoms with Crippen LogP contribution < -0.4 is 0 Å². The zero-order valence-corrected chi connectivity index (χ0v) is 19.4. The second-order valence-corrected chi connectivity index (χ2v) is 8.88. The van der Waals surface area contributed by atoms with Gasteiger partial charge < -0.3 is 9.47 Å². The van der Waals surface area contributed by atoms with Crippen LogP contribution in [0.4, 0.5) is 48.3 Å². The molecule has 1 saturated heterocycles. The Balaban J connectivity index is 2.17. The van der Waals surface area contributed by atoms with E-state index >= 15 is 0 Å². The summed E-state index contributed by atoms with van der Waals surface area (Å²) in [5.74, 6) is -27.2. The van der Waals surface area contributed by atoms with Gasteiger partial charge in [-0.1, -0.05) is 51.4 Å². The molecular formula is C22H33F11O2. The molecule has 0 aromatic heterocycles. The smallest absolute Gasteiger partial charge is 0.353 e. The maximum absolute atomic E-state index is 13.6. The normalized spacial score (nSPS) is 18.8. The SMILES string of the molecule is FC(F)(F)C(F)(F)C(F)(F)C(F)(F)C(F)(F)CCCCCCCCCCCCOC1CCCCO1. The van der Waals surface area contributed by atoms with Crippen LogP contribution in [0, 0.1) is 0 Å². The van der Waals surface area contributed by atoms with Crippen LogP contribution in [0.1, 0.15) is 89.9 Å². The fourth-order valence-electron chi connectivity index (χ4n) is 3.68. The Labute approximate surface area is 197 Å². The van der Waals surface area contributed by atoms with Crippen molar-refractivity contribution in [3.63, 3.8) is 0 Å². The summed E-state index contributed by atoms with van der Waals surface area (Å²) in [5, 5.41) is 0. The molecule has 1 atom stereocenters. The van der Waals surface area contributed by atoms with Crippen molar-refractivity contribution in [2.24, 2.45) is 0 Å². The first-order chi connectivity index (χ1) is 16.1. The van der Waals surface area contributed by atoms with E-state index in [2.05, 4.69) is 0 Å². The van der Waals surface area contributed by atoms with E-state index in [0.717, 1.165) is 64.4 Å². The molecule has 1 aliphatic heterocycles. The lowest BCUT2D eigenvalue weighted by Gasteiger charge is -2.37. The number of halogens is 11. The first-order valence-corrected chi connectivity index (χ1v) is 11.9. The summed E-state index contributed by atoms with van der Waals surface area (Å²) >= 11 is 0. The average Bonchev–Trinajstić information content (AvgIpc) is 2.76. The summed E-state index contributed by atoms with van der Waals surface area (Å²) in [6, 6.07) is 0. The molecule has 1 aliphatic rings. The highest BCUT2D eigenvalue weighted by Gasteiger charge is 2.86. The standard InChI is InChI=1S/C22H33F11O2/c23-18(24,19(25,26)20(27,28)21(29,30)22(31,32)33)14-10-7-5-3-1-2-4-6-8-11-15-34-17-13-9-12-16-35-17/h17H,1-16H2. The molecule has 0 aromatic carbocycles. The third kappa shape index (κ3) is 8.89. The van der Waals surface area contributed by atoms with Crippen molar-refractivity contribution >= 4 is 0 Å². The maximum atomic E-state index is 13.6. The van der Waals surface area contributed by atoms with Gasteiger partial charge in [-0.25, -0.2) is 0 Å². The van der Waals surface area contributed by atoms with Crippen LogP contribution in [0.25, 0.3) is 0 Å². The average molecular weight is 538 g/mol. The summed E-state index contributed by atoms with van der Waals surface area (Å²) < 4.78 is 153. The highest BCUT2D eigenvalue weighted by molar-refractivity contribution is 5.06. The van der Waals surface area contributed by atoms with Gasteiger partial charge in [-0.15, -0.1) is 0 Å². The molecule has 13 heteroatoms. The van der Waals surface area contributed by atoms with Crippen LogP contribution in [-0.2, 0) is 9.47 Å². The molecule has 2 nitrogen and oxygen atoms in total. The molecule has 0 spiro atoms. The fraction of sp³-hybridized carbons (Fsp3) is 1.00. The van der Waals surface area contributed by atoms with Crippen LogP contribution in [-0.4, -0.2) is 49.4 Å². The van der Waals surface area contributed by atoms with E-state index in [9.17, 15) is 48.3 Å². The molecule has 0 aliphatic carbocycles. The number of rotatable bonds is 17. The van der Waals surface area contributed by atoms with Crippen LogP contribution in [0.15, 0.2) is 0 Å². The molecule has 210 valence electrons. The predicted molar refractivity (Wildman–Crippen MR) is 106 cm³/mol. The quantitative estimate of drug-likeness (QED) is 0.136. The first kappa shape index (κ1) is 32.2. The summed E-state index contributed by atoms with van der Waals surface area (Å²) in [7, 11) is 0. The molecule has 1 heterocycles. The van der Waals surface area contributed by atoms with Gasteiger partial charge in [-0.3, -0.25) is 0 Å². The molecule has 0 N–H and O–H groups in total. The van der Waals surface area contributed by atoms with E-state index in [0.29, 0.717) is 19.4 Å². The monoisotopic (exact) mass is 538 g/mol. The van der Waals surface area contributed by atoms with Gasteiger partial charge in [0.2, 0.25) is 0 Å². The van der Waals surface area contributed by atoms with Gasteiger partial charge in [0.25, 0.3) is 0 Å². The minimum Gasteiger partial charge on any atom is -0.353 e. The Morgan fingerprint density at radius 1 is 0.571 bits per heavy atom. The fourth-order valence-corrected chi connectivity index (χ4v) is 3.68. The van der Waals surface area contributed by atoms with Crippen LogP contribution in [0.3, 0.4) is 0 Å². The van der Waals surface area contributed by atoms with Crippen LogP contribution >= 0.6 is 0 Å². The van der Waals surface area contributed by atoms with Gasteiger partial charge in [-0.05, 0) is 32.1 Å². The lowest BCUT2D eigenvalue weighted by Crippen LogP contribution is -2.66. The largest absolute Gasteiger partial charge is 0.460 e. The van der Waals surface area contributed by atoms with Gasteiger partial charge in [0.05, 0.1) is 0 Å². The number of alkyl halides is 11. The molecule has 0 amide bonds. The molecule has 1 rings (SSSR count). The van der Waals surface area contributed by atoms with Crippen molar-refractivity contribution in [1.82, 2.24) is 0 Å². The highest BCUT2D eigenvalue weighted by atomic mass is 19.4. The minimum atomic E-state index is -7.32. The zero-order chi connectivity index (χ0) is 26.8. The van der Waals surface area contributed by atoms with E-state index in [-0.39, 0.29) is 12.7 Å². The van der Waals surface area contributed by atoms with Crippen LogP contribution in [0.5, 0.6) is 0 Å². The van der Waals surface area contributed by atoms with E-state index in [4.69, 9.17) is 9.47 Å². The second-order valence-electron chi connectivity index (χ2n) is 8.88. The lowest BCUT2D eigenvalue weighted by atomic mass is 9.94. The molecule has 0 bridgehead atoms. The van der Waals surface area contributed by atoms with Crippen LogP contribution in [0.2, 0.25) is 0 Å². The third-order valence-corrected chi connectivity index (χ3v) is 5.93. The van der Waals surface area contributed by atoms with Gasteiger partial charge in [0.1, 0.15) is 0 Å². The van der Waals surface area contributed by atoms with Gasteiger partial charge >= 0.3 is 29.9 Å². The summed E-state index contributed by atoms with van der Waals surface area (Å²) in [6.07, 6.45) is -0.718. The Morgan fingerprint density at radius 2 is 1.06 bits per heavy atom. The second kappa shape index (κ2) is 13.6. The van der Waals surface area contributed by atoms with E-state index in [1.165, 1.54) is 0 Å². The minimum absolute atomic E-state index is 0.0759. The van der Waals surface area contributed by atoms with Crippen molar-refractivity contribution in [2.75, 3.05) is 13.2 Å². The third-order valence-electron chi connectivity index (χ3n) is 5.93. The van der Waals surface area contributed by atoms with Gasteiger partial charge in [0.15, 0.2) is 6.29 Å². The number of ether oxygens (including phenoxy) is 2. The Bertz CT molecular complexity index is 588. The van der Waals surface area contributed by atoms with Crippen molar-refractivity contribution < 1.29 is 57.8 Å². The number of unbranched alkanes of at least 4 members (excludes halogenated alkanes) is 9. The van der Waals surface area contributed by atoms with Crippen molar-refractivity contribution in [1.29, 1.82) is 0 Å². The first-order valence-electron chi connectivity index (χ1n) is 11.9. The molecule has 0 radical (unpaired) electrons. The molecular weight excluding hydrogens is 505 g/mol. The van der Waals surface area contributed by atoms with Crippen molar-refractivity contribution in [2.45, 2.75) is 126 Å². The summed E-state index contributed by atoms with van der Waals surface area (Å²) in [4.78, 5) is 0. The van der Waals surface area contributed by atoms with E-state index in [1.54, 1.807) is 0 Å². The Morgan fingerprint density at radius 3 is 1.51 bits per heavy atom. The van der Waals surface area contributed by atoms with Gasteiger partial charge in [0, 0.05) is 19.6 Å².